The lowest BCUT2D eigenvalue weighted by Gasteiger charge is -1.97. The first-order valence-electron chi connectivity index (χ1n) is 3.55. The van der Waals surface area contributed by atoms with Crippen molar-refractivity contribution in [3.8, 4) is 0 Å². The molecular weight excluding hydrogens is 161 g/mol. The maximum Gasteiger partial charge on any atom is 0.307 e. The fourth-order valence-corrected chi connectivity index (χ4v) is 0.527. The van der Waals surface area contributed by atoms with Crippen LogP contribution in [-0.2, 0) is 9.53 Å². The lowest BCUT2D eigenvalue weighted by atomic mass is 10.5. The Kier molecular flexibility index (Phi) is 4.92. The second kappa shape index (κ2) is 5.46. The molecule has 0 fully saturated rings. The Labute approximate surface area is 70.9 Å². The normalized spacial score (nSPS) is 14.8. The van der Waals surface area contributed by atoms with Crippen molar-refractivity contribution in [3.63, 3.8) is 0 Å². The number of alkyl halides is 1. The number of ether oxygens (including phenoxy) is 1. The molecule has 3 nitrogen and oxygen atoms in total. The van der Waals surface area contributed by atoms with Crippen LogP contribution < -0.4 is 0 Å². The molecule has 0 aromatic heterocycles. The van der Waals surface area contributed by atoms with E-state index >= 15 is 0 Å². The number of carbonyl (C=O) groups excluding carboxylic acids is 1. The Morgan fingerprint density at radius 3 is 2.58 bits per heavy atom. The van der Waals surface area contributed by atoms with Gasteiger partial charge in [-0.2, -0.15) is 0 Å². The molecule has 0 aliphatic heterocycles. The predicted molar refractivity (Wildman–Crippen MR) is 44.6 cm³/mol. The predicted octanol–water partition coefficient (Wildman–Crippen LogP) is 1.84. The van der Waals surface area contributed by atoms with Gasteiger partial charge in [0.15, 0.2) is 6.30 Å². The minimum atomic E-state index is -1.23. The number of halogens is 1. The SMILES string of the molecule is CC(=O)O/C(C)=C/C=NC(C)F. The summed E-state index contributed by atoms with van der Waals surface area (Å²) in [6, 6.07) is 0. The number of rotatable bonds is 3. The summed E-state index contributed by atoms with van der Waals surface area (Å²) < 4.78 is 16.7. The fourth-order valence-electron chi connectivity index (χ4n) is 0.527. The van der Waals surface area contributed by atoms with Crippen LogP contribution in [0.15, 0.2) is 16.8 Å². The lowest BCUT2D eigenvalue weighted by Crippen LogP contribution is -1.96. The molecule has 0 heterocycles. The van der Waals surface area contributed by atoms with Gasteiger partial charge in [0.05, 0.1) is 0 Å². The molecule has 4 heteroatoms. The van der Waals surface area contributed by atoms with Crippen molar-refractivity contribution >= 4 is 12.2 Å². The number of carbonyl (C=O) groups is 1. The lowest BCUT2D eigenvalue weighted by molar-refractivity contribution is -0.136. The van der Waals surface area contributed by atoms with E-state index in [2.05, 4.69) is 9.73 Å². The summed E-state index contributed by atoms with van der Waals surface area (Å²) in [5, 5.41) is 0. The molecular formula is C8H12FNO2. The Morgan fingerprint density at radius 1 is 1.58 bits per heavy atom. The van der Waals surface area contributed by atoms with Crippen LogP contribution in [0.3, 0.4) is 0 Å². The molecule has 0 saturated heterocycles. The summed E-state index contributed by atoms with van der Waals surface area (Å²) in [6.07, 6.45) is 1.46. The smallest absolute Gasteiger partial charge is 0.307 e. The van der Waals surface area contributed by atoms with Crippen LogP contribution in [-0.4, -0.2) is 18.5 Å². The number of allylic oxidation sites excluding steroid dienone is 2. The zero-order valence-corrected chi connectivity index (χ0v) is 7.37. The van der Waals surface area contributed by atoms with E-state index in [1.54, 1.807) is 6.92 Å². The van der Waals surface area contributed by atoms with Gasteiger partial charge in [0.1, 0.15) is 5.76 Å². The average Bonchev–Trinajstić information content (AvgIpc) is 1.84. The second-order valence-corrected chi connectivity index (χ2v) is 2.24. The van der Waals surface area contributed by atoms with E-state index in [9.17, 15) is 9.18 Å². The molecule has 0 N–H and O–H groups in total. The third-order valence-electron chi connectivity index (χ3n) is 0.905. The number of nitrogens with zero attached hydrogens (tertiary/aromatic N) is 1. The highest BCUT2D eigenvalue weighted by molar-refractivity contribution is 5.73. The monoisotopic (exact) mass is 173 g/mol. The van der Waals surface area contributed by atoms with Gasteiger partial charge >= 0.3 is 5.97 Å². The van der Waals surface area contributed by atoms with Crippen LogP contribution in [0.25, 0.3) is 0 Å². The van der Waals surface area contributed by atoms with Gasteiger partial charge in [-0.05, 0) is 19.9 Å². The summed E-state index contributed by atoms with van der Waals surface area (Å²) >= 11 is 0. The van der Waals surface area contributed by atoms with Gasteiger partial charge in [-0.25, -0.2) is 4.39 Å². The van der Waals surface area contributed by atoms with Crippen LogP contribution in [0, 0.1) is 0 Å². The molecule has 0 saturated carbocycles. The quantitative estimate of drug-likeness (QED) is 0.282. The Morgan fingerprint density at radius 2 is 2.17 bits per heavy atom. The highest BCUT2D eigenvalue weighted by Crippen LogP contribution is 1.94. The molecule has 0 aliphatic rings. The van der Waals surface area contributed by atoms with Crippen molar-refractivity contribution in [2.75, 3.05) is 0 Å². The summed E-state index contributed by atoms with van der Waals surface area (Å²) in [4.78, 5) is 13.8. The fraction of sp³-hybridized carbons (Fsp3) is 0.500. The largest absolute Gasteiger partial charge is 0.432 e. The molecule has 0 amide bonds. The van der Waals surface area contributed by atoms with Crippen molar-refractivity contribution in [1.29, 1.82) is 0 Å². The maximum atomic E-state index is 12.1. The van der Waals surface area contributed by atoms with E-state index in [1.807, 2.05) is 0 Å². The average molecular weight is 173 g/mol. The van der Waals surface area contributed by atoms with Crippen LogP contribution in [0.2, 0.25) is 0 Å². The van der Waals surface area contributed by atoms with E-state index in [0.29, 0.717) is 5.76 Å². The van der Waals surface area contributed by atoms with Gasteiger partial charge in [-0.1, -0.05) is 0 Å². The van der Waals surface area contributed by atoms with Crippen LogP contribution in [0.1, 0.15) is 20.8 Å². The van der Waals surface area contributed by atoms with Gasteiger partial charge < -0.3 is 4.74 Å². The summed E-state index contributed by atoms with van der Waals surface area (Å²) in [5.41, 5.74) is 0. The minimum Gasteiger partial charge on any atom is -0.432 e. The first-order chi connectivity index (χ1) is 5.52. The maximum absolute atomic E-state index is 12.1. The molecule has 0 aliphatic carbocycles. The summed E-state index contributed by atoms with van der Waals surface area (Å²) in [6.45, 7) is 4.20. The number of aliphatic imine (C=N–C) groups is 1. The number of hydrogen-bond acceptors (Lipinski definition) is 3. The highest BCUT2D eigenvalue weighted by atomic mass is 19.1. The third-order valence-corrected chi connectivity index (χ3v) is 0.905. The van der Waals surface area contributed by atoms with E-state index in [0.717, 1.165) is 0 Å². The Bertz CT molecular complexity index is 209. The summed E-state index contributed by atoms with van der Waals surface area (Å²) in [7, 11) is 0. The molecule has 0 aromatic carbocycles. The molecule has 0 bridgehead atoms. The minimum absolute atomic E-state index is 0.395. The first kappa shape index (κ1) is 10.8. The van der Waals surface area contributed by atoms with E-state index in [1.165, 1.54) is 26.1 Å². The van der Waals surface area contributed by atoms with Crippen molar-refractivity contribution in [3.05, 3.63) is 11.8 Å². The molecule has 0 spiro atoms. The standard InChI is InChI=1S/C8H12FNO2/c1-6(12-8(3)11)4-5-10-7(2)9/h4-5,7H,1-3H3/b6-4+,10-5?. The van der Waals surface area contributed by atoms with E-state index in [-0.39, 0.29) is 0 Å². The second-order valence-electron chi connectivity index (χ2n) is 2.24. The van der Waals surface area contributed by atoms with Crippen molar-refractivity contribution in [2.45, 2.75) is 27.1 Å². The molecule has 0 aromatic rings. The summed E-state index contributed by atoms with van der Waals surface area (Å²) in [5.74, 6) is -0.00246. The molecule has 0 radical (unpaired) electrons. The number of hydrogen-bond donors (Lipinski definition) is 0. The highest BCUT2D eigenvalue weighted by Gasteiger charge is 1.92. The van der Waals surface area contributed by atoms with Gasteiger partial charge in [0, 0.05) is 13.1 Å². The van der Waals surface area contributed by atoms with Crippen molar-refractivity contribution in [2.24, 2.45) is 4.99 Å². The molecule has 12 heavy (non-hydrogen) atoms. The topological polar surface area (TPSA) is 38.7 Å². The number of esters is 1. The van der Waals surface area contributed by atoms with Crippen LogP contribution in [0.5, 0.6) is 0 Å². The van der Waals surface area contributed by atoms with Gasteiger partial charge in [0.2, 0.25) is 0 Å². The molecule has 68 valence electrons. The zero-order valence-electron chi connectivity index (χ0n) is 7.37. The van der Waals surface area contributed by atoms with Crippen molar-refractivity contribution < 1.29 is 13.9 Å². The Balaban J connectivity index is 3.92. The van der Waals surface area contributed by atoms with E-state index < -0.39 is 12.3 Å². The van der Waals surface area contributed by atoms with Crippen LogP contribution in [0.4, 0.5) is 4.39 Å². The molecule has 1 unspecified atom stereocenters. The van der Waals surface area contributed by atoms with Crippen LogP contribution >= 0.6 is 0 Å². The van der Waals surface area contributed by atoms with Gasteiger partial charge in [0.25, 0.3) is 0 Å². The van der Waals surface area contributed by atoms with Crippen molar-refractivity contribution in [1.82, 2.24) is 0 Å². The molecule has 0 rings (SSSR count). The van der Waals surface area contributed by atoms with E-state index in [4.69, 9.17) is 0 Å². The van der Waals surface area contributed by atoms with Gasteiger partial charge in [-0.3, -0.25) is 9.79 Å². The van der Waals surface area contributed by atoms with Gasteiger partial charge in [-0.15, -0.1) is 0 Å². The first-order valence-corrected chi connectivity index (χ1v) is 3.55. The Hall–Kier alpha value is -1.19. The molecule has 1 atom stereocenters. The zero-order chi connectivity index (χ0) is 9.56. The third kappa shape index (κ3) is 6.92.